The van der Waals surface area contributed by atoms with Crippen LogP contribution in [-0.4, -0.2) is 22.7 Å². The molecule has 0 amide bonds. The van der Waals surface area contributed by atoms with Crippen molar-refractivity contribution in [1.82, 2.24) is 5.32 Å². The lowest BCUT2D eigenvalue weighted by molar-refractivity contribution is 0.318. The highest BCUT2D eigenvalue weighted by Gasteiger charge is 2.39. The van der Waals surface area contributed by atoms with Crippen LogP contribution < -0.4 is 5.32 Å². The summed E-state index contributed by atoms with van der Waals surface area (Å²) in [6, 6.07) is 1.15. The second-order valence-electron chi connectivity index (χ2n) is 4.46. The third-order valence-corrected chi connectivity index (χ3v) is 4.46. The molecule has 1 N–H and O–H groups in total. The van der Waals surface area contributed by atoms with Crippen molar-refractivity contribution < 1.29 is 0 Å². The fourth-order valence-electron chi connectivity index (χ4n) is 2.32. The van der Waals surface area contributed by atoms with Crippen molar-refractivity contribution in [1.29, 1.82) is 0 Å². The summed E-state index contributed by atoms with van der Waals surface area (Å²) in [5, 5.41) is 3.60. The van der Waals surface area contributed by atoms with E-state index in [4.69, 9.17) is 4.99 Å². The molecule has 0 radical (unpaired) electrons. The molecule has 13 heavy (non-hydrogen) atoms. The van der Waals surface area contributed by atoms with E-state index in [0.29, 0.717) is 28.9 Å². The lowest BCUT2D eigenvalue weighted by Gasteiger charge is -2.33. The van der Waals surface area contributed by atoms with Crippen molar-refractivity contribution in [2.45, 2.75) is 44.2 Å². The Morgan fingerprint density at radius 1 is 1.31 bits per heavy atom. The van der Waals surface area contributed by atoms with Crippen LogP contribution in [0, 0.1) is 11.8 Å². The van der Waals surface area contributed by atoms with Gasteiger partial charge in [-0.1, -0.05) is 29.8 Å². The molecule has 1 fully saturated rings. The molecule has 0 aromatic heterocycles. The minimum atomic E-state index is 0.334. The minimum Gasteiger partial charge on any atom is -0.306 e. The zero-order valence-electron chi connectivity index (χ0n) is 8.42. The minimum absolute atomic E-state index is 0.334. The van der Waals surface area contributed by atoms with E-state index in [0.717, 1.165) is 6.42 Å². The van der Waals surface area contributed by atoms with Gasteiger partial charge in [-0.05, 0) is 18.8 Å². The molecule has 0 aromatic carbocycles. The third-order valence-electron chi connectivity index (χ3n) is 3.42. The number of alkyl halides is 1. The third kappa shape index (κ3) is 1.57. The Kier molecular flexibility index (Phi) is 2.49. The van der Waals surface area contributed by atoms with Crippen molar-refractivity contribution in [3.05, 3.63) is 0 Å². The van der Waals surface area contributed by atoms with Crippen molar-refractivity contribution in [3.8, 4) is 0 Å². The van der Waals surface area contributed by atoms with E-state index in [9.17, 15) is 0 Å². The molecule has 2 heterocycles. The summed E-state index contributed by atoms with van der Waals surface area (Å²) in [6.45, 7) is 6.83. The quantitative estimate of drug-likeness (QED) is 0.513. The molecule has 0 saturated carbocycles. The lowest BCUT2D eigenvalue weighted by atomic mass is 9.84. The first-order chi connectivity index (χ1) is 6.09. The fraction of sp³-hybridized carbons (Fsp3) is 0.900. The maximum atomic E-state index is 4.70. The van der Waals surface area contributed by atoms with Gasteiger partial charge in [0.2, 0.25) is 0 Å². The molecule has 2 nitrogen and oxygen atoms in total. The first kappa shape index (κ1) is 9.66. The predicted molar refractivity (Wildman–Crippen MR) is 59.5 cm³/mol. The maximum Gasteiger partial charge on any atom is 0.107 e. The zero-order chi connectivity index (χ0) is 9.59. The number of hydrogen-bond donors (Lipinski definition) is 1. The Bertz CT molecular complexity index is 239. The van der Waals surface area contributed by atoms with Crippen LogP contribution in [0.5, 0.6) is 0 Å². The van der Waals surface area contributed by atoms with Crippen molar-refractivity contribution in [2.75, 3.05) is 0 Å². The van der Waals surface area contributed by atoms with Gasteiger partial charge in [-0.25, -0.2) is 0 Å². The molecular weight excluding hydrogens is 228 g/mol. The number of hydrogen-bond acceptors (Lipinski definition) is 2. The molecule has 3 heteroatoms. The first-order valence-corrected chi connectivity index (χ1v) is 5.98. The van der Waals surface area contributed by atoms with Gasteiger partial charge in [-0.15, -0.1) is 0 Å². The molecule has 5 unspecified atom stereocenters. The summed E-state index contributed by atoms with van der Waals surface area (Å²) in [5.41, 5.74) is 1.37. The normalized spacial score (nSPS) is 50.2. The number of fused-ring (bicyclic) bond motifs is 1. The fourth-order valence-corrected chi connectivity index (χ4v) is 3.07. The zero-order valence-corrected chi connectivity index (χ0v) is 10.0. The smallest absolute Gasteiger partial charge is 0.107 e. The second kappa shape index (κ2) is 3.35. The van der Waals surface area contributed by atoms with Crippen LogP contribution in [-0.2, 0) is 0 Å². The van der Waals surface area contributed by atoms with Crippen molar-refractivity contribution in [2.24, 2.45) is 16.8 Å². The molecule has 0 spiro atoms. The number of nitrogens with one attached hydrogen (secondary N) is 1. The van der Waals surface area contributed by atoms with E-state index in [1.807, 2.05) is 0 Å². The summed E-state index contributed by atoms with van der Waals surface area (Å²) in [5.74, 6) is 1.33. The average molecular weight is 245 g/mol. The molecule has 0 aromatic rings. The van der Waals surface area contributed by atoms with Gasteiger partial charge in [-0.2, -0.15) is 0 Å². The molecular formula is C10H17BrN2. The summed E-state index contributed by atoms with van der Waals surface area (Å²) < 4.78 is 0. The Hall–Kier alpha value is 0.110. The van der Waals surface area contributed by atoms with Gasteiger partial charge in [-0.3, -0.25) is 4.99 Å². The van der Waals surface area contributed by atoms with Gasteiger partial charge in [0.1, 0.15) is 4.95 Å². The van der Waals surface area contributed by atoms with Gasteiger partial charge in [0.05, 0.1) is 0 Å². The largest absolute Gasteiger partial charge is 0.306 e. The van der Waals surface area contributed by atoms with Crippen molar-refractivity contribution in [3.63, 3.8) is 0 Å². The molecule has 2 rings (SSSR count). The summed E-state index contributed by atoms with van der Waals surface area (Å²) in [6.07, 6.45) is 1.13. The highest BCUT2D eigenvalue weighted by Crippen LogP contribution is 2.33. The monoisotopic (exact) mass is 244 g/mol. The van der Waals surface area contributed by atoms with Gasteiger partial charge < -0.3 is 5.32 Å². The number of rotatable bonds is 0. The van der Waals surface area contributed by atoms with Crippen LogP contribution in [0.4, 0.5) is 0 Å². The van der Waals surface area contributed by atoms with Crippen LogP contribution in [0.15, 0.2) is 4.99 Å². The SMILES string of the molecule is CC1CC2=NC(Br)C(C)C(C)C2N1. The van der Waals surface area contributed by atoms with E-state index < -0.39 is 0 Å². The Balaban J connectivity index is 2.24. The molecule has 1 saturated heterocycles. The summed E-state index contributed by atoms with van der Waals surface area (Å²) >= 11 is 3.64. The molecule has 5 atom stereocenters. The summed E-state index contributed by atoms with van der Waals surface area (Å²) in [4.78, 5) is 5.03. The first-order valence-electron chi connectivity index (χ1n) is 5.06. The Labute approximate surface area is 88.3 Å². The highest BCUT2D eigenvalue weighted by atomic mass is 79.9. The topological polar surface area (TPSA) is 24.4 Å². The lowest BCUT2D eigenvalue weighted by Crippen LogP contribution is -2.44. The van der Waals surface area contributed by atoms with Crippen LogP contribution in [0.1, 0.15) is 27.2 Å². The van der Waals surface area contributed by atoms with Crippen LogP contribution in [0.3, 0.4) is 0 Å². The van der Waals surface area contributed by atoms with Gasteiger partial charge in [0.25, 0.3) is 0 Å². The van der Waals surface area contributed by atoms with Gasteiger partial charge in [0.15, 0.2) is 0 Å². The standard InChI is InChI=1S/C10H17BrN2/c1-5-4-8-9(12-5)6(2)7(3)10(11)13-8/h5-7,9-10,12H,4H2,1-3H3. The van der Waals surface area contributed by atoms with Gasteiger partial charge >= 0.3 is 0 Å². The molecule has 0 bridgehead atoms. The molecule has 0 aliphatic carbocycles. The molecule has 2 aliphatic rings. The number of nitrogens with zero attached hydrogens (tertiary/aromatic N) is 1. The second-order valence-corrected chi connectivity index (χ2v) is 5.40. The van der Waals surface area contributed by atoms with Crippen LogP contribution in [0.2, 0.25) is 0 Å². The molecule has 2 aliphatic heterocycles. The predicted octanol–water partition coefficient (Wildman–Crippen LogP) is 2.18. The average Bonchev–Trinajstić information content (AvgIpc) is 2.42. The van der Waals surface area contributed by atoms with Gasteiger partial charge in [0, 0.05) is 24.2 Å². The van der Waals surface area contributed by atoms with Crippen LogP contribution >= 0.6 is 15.9 Å². The Morgan fingerprint density at radius 2 is 2.00 bits per heavy atom. The van der Waals surface area contributed by atoms with Crippen LogP contribution in [0.25, 0.3) is 0 Å². The number of aliphatic imine (C=N–C) groups is 1. The van der Waals surface area contributed by atoms with E-state index in [1.165, 1.54) is 5.71 Å². The highest BCUT2D eigenvalue weighted by molar-refractivity contribution is 9.09. The Morgan fingerprint density at radius 3 is 2.69 bits per heavy atom. The number of halogens is 1. The van der Waals surface area contributed by atoms with E-state index in [-0.39, 0.29) is 0 Å². The van der Waals surface area contributed by atoms with Crippen molar-refractivity contribution >= 4 is 21.6 Å². The van der Waals surface area contributed by atoms with E-state index in [2.05, 4.69) is 42.0 Å². The molecule has 74 valence electrons. The maximum absolute atomic E-state index is 4.70. The summed E-state index contributed by atoms with van der Waals surface area (Å²) in [7, 11) is 0. The van der Waals surface area contributed by atoms with E-state index in [1.54, 1.807) is 0 Å². The van der Waals surface area contributed by atoms with E-state index >= 15 is 0 Å².